The van der Waals surface area contributed by atoms with Crippen LogP contribution in [0.1, 0.15) is 23.7 Å². The summed E-state index contributed by atoms with van der Waals surface area (Å²) in [6, 6.07) is -0.347. The van der Waals surface area contributed by atoms with E-state index in [-0.39, 0.29) is 6.04 Å². The topological polar surface area (TPSA) is 59.1 Å². The van der Waals surface area contributed by atoms with Crippen molar-refractivity contribution in [1.29, 1.82) is 0 Å². The second-order valence-electron chi connectivity index (χ2n) is 2.56. The lowest BCUT2D eigenvalue weighted by Gasteiger charge is -2.10. The zero-order valence-electron chi connectivity index (χ0n) is 6.61. The van der Waals surface area contributed by atoms with Crippen LogP contribution in [0.3, 0.4) is 0 Å². The second kappa shape index (κ2) is 3.30. The average Bonchev–Trinajstić information content (AvgIpc) is 2.34. The van der Waals surface area contributed by atoms with Gasteiger partial charge in [0, 0.05) is 5.38 Å². The van der Waals surface area contributed by atoms with Crippen LogP contribution in [0.4, 0.5) is 0 Å². The first-order chi connectivity index (χ1) is 5.11. The highest BCUT2D eigenvalue weighted by Crippen LogP contribution is 2.16. The summed E-state index contributed by atoms with van der Waals surface area (Å²) >= 11 is 1.55. The standard InChI is InChI=1S/C7H12N2OS/c1-4(10)7(8)6-3-11-5(2)9-6/h3-4,7,10H,8H2,1-2H3/t4-,7-/m1/s1. The predicted octanol–water partition coefficient (Wildman–Crippen LogP) is 0.832. The van der Waals surface area contributed by atoms with E-state index in [1.807, 2.05) is 12.3 Å². The summed E-state index contributed by atoms with van der Waals surface area (Å²) in [5.41, 5.74) is 6.43. The van der Waals surface area contributed by atoms with E-state index in [1.54, 1.807) is 18.3 Å². The van der Waals surface area contributed by atoms with E-state index in [0.717, 1.165) is 10.7 Å². The molecule has 0 radical (unpaired) electrons. The lowest BCUT2D eigenvalue weighted by Crippen LogP contribution is -2.23. The van der Waals surface area contributed by atoms with Crippen molar-refractivity contribution < 1.29 is 5.11 Å². The zero-order valence-corrected chi connectivity index (χ0v) is 7.43. The zero-order chi connectivity index (χ0) is 8.43. The summed E-state index contributed by atoms with van der Waals surface area (Å²) in [5, 5.41) is 12.0. The Balaban J connectivity index is 2.76. The van der Waals surface area contributed by atoms with Crippen LogP contribution >= 0.6 is 11.3 Å². The second-order valence-corrected chi connectivity index (χ2v) is 3.62. The number of aliphatic hydroxyl groups is 1. The summed E-state index contributed by atoms with van der Waals surface area (Å²) in [6.45, 7) is 3.59. The fourth-order valence-electron chi connectivity index (χ4n) is 0.780. The minimum atomic E-state index is -0.531. The number of nitrogens with two attached hydrogens (primary N) is 1. The molecule has 1 rings (SSSR count). The van der Waals surface area contributed by atoms with Crippen molar-refractivity contribution in [3.63, 3.8) is 0 Å². The van der Waals surface area contributed by atoms with E-state index in [1.165, 1.54) is 0 Å². The molecule has 0 amide bonds. The number of aliphatic hydroxyl groups excluding tert-OH is 1. The quantitative estimate of drug-likeness (QED) is 0.694. The molecular formula is C7H12N2OS. The largest absolute Gasteiger partial charge is 0.391 e. The molecule has 0 unspecified atom stereocenters. The van der Waals surface area contributed by atoms with Gasteiger partial charge in [-0.05, 0) is 13.8 Å². The van der Waals surface area contributed by atoms with E-state index < -0.39 is 6.10 Å². The molecule has 0 aromatic carbocycles. The lowest BCUT2D eigenvalue weighted by atomic mass is 10.1. The fourth-order valence-corrected chi connectivity index (χ4v) is 1.44. The van der Waals surface area contributed by atoms with Crippen molar-refractivity contribution >= 4 is 11.3 Å². The van der Waals surface area contributed by atoms with Crippen molar-refractivity contribution in [2.24, 2.45) is 5.73 Å². The number of hydrogen-bond acceptors (Lipinski definition) is 4. The molecular weight excluding hydrogens is 160 g/mol. The van der Waals surface area contributed by atoms with Gasteiger partial charge < -0.3 is 10.8 Å². The molecule has 2 atom stereocenters. The van der Waals surface area contributed by atoms with Gasteiger partial charge in [-0.1, -0.05) is 0 Å². The van der Waals surface area contributed by atoms with Gasteiger partial charge in [0.25, 0.3) is 0 Å². The maximum Gasteiger partial charge on any atom is 0.0898 e. The minimum Gasteiger partial charge on any atom is -0.391 e. The molecule has 1 aromatic rings. The van der Waals surface area contributed by atoms with E-state index >= 15 is 0 Å². The van der Waals surface area contributed by atoms with Gasteiger partial charge in [-0.2, -0.15) is 0 Å². The first kappa shape index (κ1) is 8.64. The summed E-state index contributed by atoms with van der Waals surface area (Å²) in [6.07, 6.45) is -0.531. The number of aromatic nitrogens is 1. The van der Waals surface area contributed by atoms with Crippen LogP contribution in [0.2, 0.25) is 0 Å². The van der Waals surface area contributed by atoms with Gasteiger partial charge in [-0.3, -0.25) is 0 Å². The number of aryl methyl sites for hydroxylation is 1. The molecule has 3 nitrogen and oxygen atoms in total. The number of hydrogen-bond donors (Lipinski definition) is 2. The highest BCUT2D eigenvalue weighted by atomic mass is 32.1. The van der Waals surface area contributed by atoms with Crippen molar-refractivity contribution in [1.82, 2.24) is 4.98 Å². The van der Waals surface area contributed by atoms with Gasteiger partial charge in [-0.15, -0.1) is 11.3 Å². The molecule has 0 aliphatic carbocycles. The third-order valence-electron chi connectivity index (χ3n) is 1.50. The fraction of sp³-hybridized carbons (Fsp3) is 0.571. The van der Waals surface area contributed by atoms with Crippen molar-refractivity contribution in [2.45, 2.75) is 26.0 Å². The molecule has 1 aromatic heterocycles. The van der Waals surface area contributed by atoms with Crippen LogP contribution in [0.15, 0.2) is 5.38 Å². The van der Waals surface area contributed by atoms with Crippen LogP contribution in [0.25, 0.3) is 0 Å². The van der Waals surface area contributed by atoms with Crippen molar-refractivity contribution in [2.75, 3.05) is 0 Å². The van der Waals surface area contributed by atoms with Gasteiger partial charge in [-0.25, -0.2) is 4.98 Å². The maximum absolute atomic E-state index is 9.12. The molecule has 0 saturated carbocycles. The lowest BCUT2D eigenvalue weighted by molar-refractivity contribution is 0.163. The Morgan fingerprint density at radius 2 is 2.36 bits per heavy atom. The molecule has 11 heavy (non-hydrogen) atoms. The van der Waals surface area contributed by atoms with Crippen LogP contribution in [-0.2, 0) is 0 Å². The molecule has 1 heterocycles. The highest BCUT2D eigenvalue weighted by molar-refractivity contribution is 7.09. The maximum atomic E-state index is 9.12. The smallest absolute Gasteiger partial charge is 0.0898 e. The van der Waals surface area contributed by atoms with Crippen LogP contribution < -0.4 is 5.73 Å². The van der Waals surface area contributed by atoms with E-state index in [9.17, 15) is 0 Å². The third-order valence-corrected chi connectivity index (χ3v) is 2.29. The Kier molecular flexibility index (Phi) is 2.59. The Bertz CT molecular complexity index is 234. The average molecular weight is 172 g/mol. The molecule has 0 aliphatic heterocycles. The predicted molar refractivity (Wildman–Crippen MR) is 45.5 cm³/mol. The molecule has 62 valence electrons. The van der Waals surface area contributed by atoms with Gasteiger partial charge in [0.05, 0.1) is 22.8 Å². The number of nitrogens with zero attached hydrogens (tertiary/aromatic N) is 1. The van der Waals surface area contributed by atoms with Crippen LogP contribution in [0.5, 0.6) is 0 Å². The summed E-state index contributed by atoms with van der Waals surface area (Å²) < 4.78 is 0. The van der Waals surface area contributed by atoms with Crippen LogP contribution in [0, 0.1) is 6.92 Å². The SMILES string of the molecule is Cc1nc([C@H](N)[C@@H](C)O)cs1. The molecule has 4 heteroatoms. The third kappa shape index (κ3) is 1.99. The molecule has 0 saturated heterocycles. The summed E-state index contributed by atoms with van der Waals surface area (Å²) in [7, 11) is 0. The molecule has 0 aliphatic rings. The van der Waals surface area contributed by atoms with E-state index in [4.69, 9.17) is 10.8 Å². The van der Waals surface area contributed by atoms with E-state index in [0.29, 0.717) is 0 Å². The summed E-state index contributed by atoms with van der Waals surface area (Å²) in [4.78, 5) is 4.17. The minimum absolute atomic E-state index is 0.347. The first-order valence-electron chi connectivity index (χ1n) is 3.47. The molecule has 0 fully saturated rings. The van der Waals surface area contributed by atoms with E-state index in [2.05, 4.69) is 4.98 Å². The molecule has 0 spiro atoms. The van der Waals surface area contributed by atoms with Gasteiger partial charge >= 0.3 is 0 Å². The Labute approximate surface area is 69.9 Å². The molecule has 3 N–H and O–H groups in total. The van der Waals surface area contributed by atoms with Crippen molar-refractivity contribution in [3.05, 3.63) is 16.1 Å². The highest BCUT2D eigenvalue weighted by Gasteiger charge is 2.13. The normalized spacial score (nSPS) is 16.4. The molecule has 0 bridgehead atoms. The Morgan fingerprint density at radius 3 is 2.73 bits per heavy atom. The number of thiazole rings is 1. The first-order valence-corrected chi connectivity index (χ1v) is 4.35. The Hall–Kier alpha value is -0.450. The van der Waals surface area contributed by atoms with Gasteiger partial charge in [0.15, 0.2) is 0 Å². The van der Waals surface area contributed by atoms with Crippen LogP contribution in [-0.4, -0.2) is 16.2 Å². The van der Waals surface area contributed by atoms with Gasteiger partial charge in [0.1, 0.15) is 0 Å². The number of rotatable bonds is 2. The summed E-state index contributed by atoms with van der Waals surface area (Å²) in [5.74, 6) is 0. The van der Waals surface area contributed by atoms with Crippen molar-refractivity contribution in [3.8, 4) is 0 Å². The Morgan fingerprint density at radius 1 is 1.73 bits per heavy atom. The van der Waals surface area contributed by atoms with Gasteiger partial charge in [0.2, 0.25) is 0 Å². The monoisotopic (exact) mass is 172 g/mol.